The molecule has 152 valence electrons. The first-order valence-electron chi connectivity index (χ1n) is 10.5. The summed E-state index contributed by atoms with van der Waals surface area (Å²) in [4.78, 5) is 0. The molecule has 0 aliphatic rings. The summed E-state index contributed by atoms with van der Waals surface area (Å²) < 4.78 is 33.0. The topological polar surface area (TPSA) is 77.4 Å². The Bertz CT molecular complexity index is 387. The van der Waals surface area contributed by atoms with Crippen molar-refractivity contribution in [2.24, 2.45) is 0 Å². The minimum absolute atomic E-state index is 0. The van der Waals surface area contributed by atoms with E-state index in [1.807, 2.05) is 0 Å². The minimum Gasteiger partial charge on any atom is -0.748 e. The number of rotatable bonds is 18. The molecule has 2 unspecified atom stereocenters. The van der Waals surface area contributed by atoms with Gasteiger partial charge in [-0.05, 0) is 25.7 Å². The van der Waals surface area contributed by atoms with Crippen LogP contribution in [0.3, 0.4) is 0 Å². The van der Waals surface area contributed by atoms with Crippen LogP contribution in [0.15, 0.2) is 0 Å². The third-order valence-corrected chi connectivity index (χ3v) is 6.45. The van der Waals surface area contributed by atoms with E-state index in [0.29, 0.717) is 12.8 Å². The van der Waals surface area contributed by atoms with Gasteiger partial charge in [-0.25, -0.2) is 8.42 Å². The molecule has 0 amide bonds. The van der Waals surface area contributed by atoms with Crippen LogP contribution in [0, 0.1) is 0 Å². The largest absolute Gasteiger partial charge is 1.00 e. The quantitative estimate of drug-likeness (QED) is 0.218. The van der Waals surface area contributed by atoms with E-state index in [4.69, 9.17) is 0 Å². The maximum atomic E-state index is 11.0. The second-order valence-electron chi connectivity index (χ2n) is 7.43. The summed E-state index contributed by atoms with van der Waals surface area (Å²) in [6, 6.07) is 0. The molecular formula is C20H41NaO4S. The van der Waals surface area contributed by atoms with Crippen LogP contribution in [0.2, 0.25) is 0 Å². The van der Waals surface area contributed by atoms with Crippen molar-refractivity contribution in [3.05, 3.63) is 0 Å². The fraction of sp³-hybridized carbons (Fsp3) is 1.00. The van der Waals surface area contributed by atoms with E-state index in [1.54, 1.807) is 6.92 Å². The van der Waals surface area contributed by atoms with Gasteiger partial charge in [0.15, 0.2) is 0 Å². The molecule has 0 spiro atoms. The van der Waals surface area contributed by atoms with Crippen molar-refractivity contribution < 1.29 is 47.6 Å². The Morgan fingerprint density at radius 1 is 0.731 bits per heavy atom. The summed E-state index contributed by atoms with van der Waals surface area (Å²) in [5.74, 6) is 0. The van der Waals surface area contributed by atoms with Gasteiger partial charge in [-0.3, -0.25) is 0 Å². The molecule has 1 N–H and O–H groups in total. The molecule has 0 aliphatic heterocycles. The Hall–Kier alpha value is 0.870. The summed E-state index contributed by atoms with van der Waals surface area (Å²) in [6.07, 6.45) is 16.5. The van der Waals surface area contributed by atoms with Gasteiger partial charge in [0, 0.05) is 5.25 Å². The number of aliphatic hydroxyl groups excluding tert-OH is 1. The monoisotopic (exact) mass is 400 g/mol. The predicted octanol–water partition coefficient (Wildman–Crippen LogP) is 2.55. The van der Waals surface area contributed by atoms with Crippen LogP contribution in [-0.4, -0.2) is 29.4 Å². The van der Waals surface area contributed by atoms with Crippen LogP contribution in [0.25, 0.3) is 0 Å². The first kappa shape index (κ1) is 29.1. The van der Waals surface area contributed by atoms with Crippen LogP contribution in [0.1, 0.15) is 117 Å². The van der Waals surface area contributed by atoms with Gasteiger partial charge in [0.1, 0.15) is 0 Å². The van der Waals surface area contributed by atoms with Crippen molar-refractivity contribution in [3.63, 3.8) is 0 Å². The van der Waals surface area contributed by atoms with E-state index >= 15 is 0 Å². The Kier molecular flexibility index (Phi) is 21.5. The summed E-state index contributed by atoms with van der Waals surface area (Å²) in [5.41, 5.74) is 0. The van der Waals surface area contributed by atoms with Gasteiger partial charge in [-0.2, -0.15) is 0 Å². The fourth-order valence-electron chi connectivity index (χ4n) is 3.32. The Labute approximate surface area is 185 Å². The van der Waals surface area contributed by atoms with E-state index in [1.165, 1.54) is 38.5 Å². The molecule has 0 saturated carbocycles. The van der Waals surface area contributed by atoms with Gasteiger partial charge in [0.05, 0.1) is 16.2 Å². The Balaban J connectivity index is 0. The van der Waals surface area contributed by atoms with E-state index < -0.39 is 15.4 Å². The fourth-order valence-corrected chi connectivity index (χ4v) is 4.18. The SMILES string of the molecule is CCCCCCCCCC(O)CCCCCCCC(CC)S(=O)(=O)[O-].[Na+]. The number of aliphatic hydroxyl groups is 1. The van der Waals surface area contributed by atoms with Gasteiger partial charge in [0.2, 0.25) is 0 Å². The maximum absolute atomic E-state index is 11.0. The van der Waals surface area contributed by atoms with Gasteiger partial charge in [-0.1, -0.05) is 90.9 Å². The van der Waals surface area contributed by atoms with Crippen molar-refractivity contribution in [2.45, 2.75) is 128 Å². The first-order chi connectivity index (χ1) is 11.9. The second-order valence-corrected chi connectivity index (χ2v) is 9.08. The summed E-state index contributed by atoms with van der Waals surface area (Å²) in [7, 11) is -4.12. The van der Waals surface area contributed by atoms with Crippen LogP contribution < -0.4 is 29.6 Å². The average Bonchev–Trinajstić information content (AvgIpc) is 2.55. The number of hydrogen-bond donors (Lipinski definition) is 1. The zero-order chi connectivity index (χ0) is 19.0. The van der Waals surface area contributed by atoms with Crippen molar-refractivity contribution in [1.82, 2.24) is 0 Å². The Morgan fingerprint density at radius 3 is 1.50 bits per heavy atom. The molecule has 0 bridgehead atoms. The van der Waals surface area contributed by atoms with Crippen molar-refractivity contribution >= 4 is 10.1 Å². The molecule has 0 aliphatic carbocycles. The molecule has 4 nitrogen and oxygen atoms in total. The van der Waals surface area contributed by atoms with E-state index in [9.17, 15) is 18.1 Å². The zero-order valence-corrected chi connectivity index (χ0v) is 20.4. The summed E-state index contributed by atoms with van der Waals surface area (Å²) in [6.45, 7) is 3.99. The van der Waals surface area contributed by atoms with Crippen LogP contribution >= 0.6 is 0 Å². The molecule has 2 atom stereocenters. The van der Waals surface area contributed by atoms with E-state index in [0.717, 1.165) is 51.4 Å². The number of unbranched alkanes of at least 4 members (excludes halogenated alkanes) is 10. The molecule has 26 heavy (non-hydrogen) atoms. The van der Waals surface area contributed by atoms with Gasteiger partial charge in [-0.15, -0.1) is 0 Å². The molecule has 0 rings (SSSR count). The van der Waals surface area contributed by atoms with Crippen molar-refractivity contribution in [3.8, 4) is 0 Å². The smallest absolute Gasteiger partial charge is 0.748 e. The summed E-state index contributed by atoms with van der Waals surface area (Å²) >= 11 is 0. The van der Waals surface area contributed by atoms with E-state index in [-0.39, 0.29) is 35.7 Å². The third-order valence-electron chi connectivity index (χ3n) is 5.07. The third kappa shape index (κ3) is 18.2. The molecule has 0 saturated heterocycles. The average molecular weight is 401 g/mol. The molecule has 0 heterocycles. The first-order valence-corrected chi connectivity index (χ1v) is 12.0. The molecule has 0 aromatic heterocycles. The minimum atomic E-state index is -4.12. The van der Waals surface area contributed by atoms with Crippen LogP contribution in [-0.2, 0) is 10.1 Å². The van der Waals surface area contributed by atoms with Crippen LogP contribution in [0.4, 0.5) is 0 Å². The molecule has 0 aromatic carbocycles. The molecular weight excluding hydrogens is 359 g/mol. The number of hydrogen-bond acceptors (Lipinski definition) is 4. The predicted molar refractivity (Wildman–Crippen MR) is 105 cm³/mol. The van der Waals surface area contributed by atoms with Gasteiger partial charge < -0.3 is 9.66 Å². The van der Waals surface area contributed by atoms with Crippen LogP contribution in [0.5, 0.6) is 0 Å². The summed E-state index contributed by atoms with van der Waals surface area (Å²) in [5, 5.41) is 9.27. The van der Waals surface area contributed by atoms with E-state index in [2.05, 4.69) is 6.92 Å². The molecule has 6 heteroatoms. The van der Waals surface area contributed by atoms with Crippen molar-refractivity contribution in [2.75, 3.05) is 0 Å². The standard InChI is InChI=1S/C20H42O4S.Na/c1-3-5-6-7-8-10-13-16-19(21)17-14-11-9-12-15-18-20(4-2)25(22,23)24;/h19-21H,3-18H2,1-2H3,(H,22,23,24);/q;+1/p-1. The van der Waals surface area contributed by atoms with Crippen molar-refractivity contribution in [1.29, 1.82) is 0 Å². The normalized spacial score (nSPS) is 14.0. The zero-order valence-electron chi connectivity index (χ0n) is 17.5. The molecule has 0 radical (unpaired) electrons. The molecule has 0 aromatic rings. The van der Waals surface area contributed by atoms with Gasteiger partial charge in [0.25, 0.3) is 0 Å². The maximum Gasteiger partial charge on any atom is 1.00 e. The Morgan fingerprint density at radius 2 is 1.12 bits per heavy atom. The molecule has 0 fully saturated rings. The van der Waals surface area contributed by atoms with Gasteiger partial charge >= 0.3 is 29.6 Å². The second kappa shape index (κ2) is 19.2.